The fraction of sp³-hybridized carbons (Fsp3) is 0. The highest BCUT2D eigenvalue weighted by Crippen LogP contribution is 2.28. The molecule has 16 heavy (non-hydrogen) atoms. The minimum absolute atomic E-state index is 0.0505. The van der Waals surface area contributed by atoms with Crippen molar-refractivity contribution in [1.29, 1.82) is 0 Å². The lowest BCUT2D eigenvalue weighted by atomic mass is 10.3. The van der Waals surface area contributed by atoms with Gasteiger partial charge in [-0.2, -0.15) is 4.98 Å². The second-order valence-corrected chi connectivity index (χ2v) is 3.71. The van der Waals surface area contributed by atoms with Crippen LogP contribution in [0, 0.1) is 0 Å². The fourth-order valence-corrected chi connectivity index (χ4v) is 1.46. The lowest BCUT2D eigenvalue weighted by molar-refractivity contribution is 0.463. The molecule has 0 aliphatic carbocycles. The van der Waals surface area contributed by atoms with Gasteiger partial charge in [0.05, 0.1) is 5.02 Å². The minimum atomic E-state index is 0.0505. The molecule has 0 saturated carbocycles. The summed E-state index contributed by atoms with van der Waals surface area (Å²) in [6, 6.07) is 8.49. The zero-order valence-corrected chi connectivity index (χ0v) is 9.53. The van der Waals surface area contributed by atoms with Gasteiger partial charge < -0.3 is 10.5 Å². The minimum Gasteiger partial charge on any atom is -0.437 e. The number of aromatic nitrogens is 2. The molecule has 0 unspecified atom stereocenters. The lowest BCUT2D eigenvalue weighted by Crippen LogP contribution is -1.97. The molecule has 4 nitrogen and oxygen atoms in total. The summed E-state index contributed by atoms with van der Waals surface area (Å²) >= 11 is 11.6. The maximum absolute atomic E-state index is 5.92. The van der Waals surface area contributed by atoms with Crippen LogP contribution in [0.1, 0.15) is 0 Å². The molecule has 2 rings (SSSR count). The third kappa shape index (κ3) is 2.53. The average molecular weight is 256 g/mol. The molecule has 0 spiro atoms. The Morgan fingerprint density at radius 3 is 2.56 bits per heavy atom. The van der Waals surface area contributed by atoms with Gasteiger partial charge in [-0.3, -0.25) is 0 Å². The molecule has 1 heterocycles. The summed E-state index contributed by atoms with van der Waals surface area (Å²) < 4.78 is 5.42. The van der Waals surface area contributed by atoms with Gasteiger partial charge in [0.1, 0.15) is 10.9 Å². The molecule has 2 aromatic rings. The molecule has 0 aliphatic rings. The summed E-state index contributed by atoms with van der Waals surface area (Å²) in [5, 5.41) is 0.699. The summed E-state index contributed by atoms with van der Waals surface area (Å²) in [6.07, 6.45) is 0. The number of hydrogen-bond donors (Lipinski definition) is 1. The molecule has 0 aliphatic heterocycles. The highest BCUT2D eigenvalue weighted by Gasteiger charge is 2.05. The number of hydrogen-bond acceptors (Lipinski definition) is 4. The van der Waals surface area contributed by atoms with Crippen LogP contribution in [0.2, 0.25) is 10.2 Å². The second-order valence-electron chi connectivity index (χ2n) is 2.92. The van der Waals surface area contributed by atoms with Crippen LogP contribution in [0.25, 0.3) is 0 Å². The molecule has 1 aromatic heterocycles. The molecule has 0 atom stereocenters. The van der Waals surface area contributed by atoms with E-state index in [2.05, 4.69) is 9.97 Å². The number of ether oxygens (including phenoxy) is 1. The first-order valence-corrected chi connectivity index (χ1v) is 5.13. The van der Waals surface area contributed by atoms with E-state index < -0.39 is 0 Å². The van der Waals surface area contributed by atoms with Crippen molar-refractivity contribution in [3.8, 4) is 11.6 Å². The highest BCUT2D eigenvalue weighted by atomic mass is 35.5. The van der Waals surface area contributed by atoms with Crippen molar-refractivity contribution in [2.75, 3.05) is 5.73 Å². The predicted molar refractivity (Wildman–Crippen MR) is 63.0 cm³/mol. The van der Waals surface area contributed by atoms with Crippen LogP contribution in [0.4, 0.5) is 5.95 Å². The SMILES string of the molecule is Nc1nc(Cl)cc(Oc2ccccc2Cl)n1. The molecule has 0 radical (unpaired) electrons. The van der Waals surface area contributed by atoms with Crippen LogP contribution in [0.15, 0.2) is 30.3 Å². The standard InChI is InChI=1S/C10H7Cl2N3O/c11-6-3-1-2-4-7(6)16-9-5-8(12)14-10(13)15-9/h1-5H,(H2,13,14,15). The number of anilines is 1. The van der Waals surface area contributed by atoms with E-state index in [9.17, 15) is 0 Å². The van der Waals surface area contributed by atoms with E-state index in [1.54, 1.807) is 24.3 Å². The number of nitrogen functional groups attached to an aromatic ring is 1. The average Bonchev–Trinajstić information content (AvgIpc) is 2.20. The number of para-hydroxylation sites is 1. The van der Waals surface area contributed by atoms with Crippen LogP contribution >= 0.6 is 23.2 Å². The van der Waals surface area contributed by atoms with Crippen LogP contribution < -0.4 is 10.5 Å². The monoisotopic (exact) mass is 255 g/mol. The Balaban J connectivity index is 2.30. The molecule has 6 heteroatoms. The molecule has 1 aromatic carbocycles. The van der Waals surface area contributed by atoms with Gasteiger partial charge in [-0.15, -0.1) is 0 Å². The van der Waals surface area contributed by atoms with Gasteiger partial charge in [0.15, 0.2) is 0 Å². The summed E-state index contributed by atoms with van der Waals surface area (Å²) in [7, 11) is 0. The van der Waals surface area contributed by atoms with Crippen LogP contribution in [0.5, 0.6) is 11.6 Å². The first-order chi connectivity index (χ1) is 7.65. The molecular formula is C10H7Cl2N3O. The molecule has 2 N–H and O–H groups in total. The Morgan fingerprint density at radius 2 is 1.88 bits per heavy atom. The summed E-state index contributed by atoms with van der Waals surface area (Å²) in [5.74, 6) is 0.790. The normalized spacial score (nSPS) is 10.1. The zero-order chi connectivity index (χ0) is 11.5. The van der Waals surface area contributed by atoms with E-state index in [1.807, 2.05) is 0 Å². The van der Waals surface area contributed by atoms with E-state index in [0.29, 0.717) is 10.8 Å². The Labute approximate surface area is 102 Å². The maximum atomic E-state index is 5.92. The van der Waals surface area contributed by atoms with E-state index in [1.165, 1.54) is 6.07 Å². The number of rotatable bonds is 2. The molecular weight excluding hydrogens is 249 g/mol. The van der Waals surface area contributed by atoms with Crippen LogP contribution in [-0.4, -0.2) is 9.97 Å². The smallest absolute Gasteiger partial charge is 0.225 e. The lowest BCUT2D eigenvalue weighted by Gasteiger charge is -2.06. The van der Waals surface area contributed by atoms with E-state index >= 15 is 0 Å². The summed E-state index contributed by atoms with van der Waals surface area (Å²) in [5.41, 5.74) is 5.43. The van der Waals surface area contributed by atoms with Gasteiger partial charge >= 0.3 is 0 Å². The highest BCUT2D eigenvalue weighted by molar-refractivity contribution is 6.32. The first kappa shape index (κ1) is 11.0. The van der Waals surface area contributed by atoms with Gasteiger partial charge in [0, 0.05) is 6.07 Å². The first-order valence-electron chi connectivity index (χ1n) is 4.37. The Bertz CT molecular complexity index is 499. The van der Waals surface area contributed by atoms with Gasteiger partial charge in [0.25, 0.3) is 0 Å². The Hall–Kier alpha value is -1.52. The number of benzene rings is 1. The molecule has 82 valence electrons. The van der Waals surface area contributed by atoms with E-state index in [-0.39, 0.29) is 17.0 Å². The molecule has 0 fully saturated rings. The molecule has 0 amide bonds. The Morgan fingerprint density at radius 1 is 1.12 bits per heavy atom. The topological polar surface area (TPSA) is 61.0 Å². The molecule has 0 saturated heterocycles. The zero-order valence-electron chi connectivity index (χ0n) is 8.02. The third-order valence-electron chi connectivity index (χ3n) is 1.74. The van der Waals surface area contributed by atoms with E-state index in [0.717, 1.165) is 0 Å². The van der Waals surface area contributed by atoms with Crippen molar-refractivity contribution in [1.82, 2.24) is 9.97 Å². The van der Waals surface area contributed by atoms with Crippen molar-refractivity contribution in [3.63, 3.8) is 0 Å². The number of halogens is 2. The van der Waals surface area contributed by atoms with Crippen molar-refractivity contribution in [2.24, 2.45) is 0 Å². The van der Waals surface area contributed by atoms with Crippen molar-refractivity contribution >= 4 is 29.2 Å². The number of nitrogens with zero attached hydrogens (tertiary/aromatic N) is 2. The summed E-state index contributed by atoms with van der Waals surface area (Å²) in [6.45, 7) is 0. The third-order valence-corrected chi connectivity index (χ3v) is 2.25. The van der Waals surface area contributed by atoms with E-state index in [4.69, 9.17) is 33.7 Å². The maximum Gasteiger partial charge on any atom is 0.225 e. The van der Waals surface area contributed by atoms with Gasteiger partial charge in [0.2, 0.25) is 11.8 Å². The van der Waals surface area contributed by atoms with Crippen LogP contribution in [0.3, 0.4) is 0 Å². The van der Waals surface area contributed by atoms with Gasteiger partial charge in [-0.05, 0) is 12.1 Å². The van der Waals surface area contributed by atoms with Crippen molar-refractivity contribution in [2.45, 2.75) is 0 Å². The summed E-state index contributed by atoms with van der Waals surface area (Å²) in [4.78, 5) is 7.59. The predicted octanol–water partition coefficient (Wildman–Crippen LogP) is 3.16. The number of nitrogens with two attached hydrogens (primary N) is 1. The van der Waals surface area contributed by atoms with Crippen molar-refractivity contribution in [3.05, 3.63) is 40.5 Å². The van der Waals surface area contributed by atoms with Gasteiger partial charge in [-0.25, -0.2) is 4.98 Å². The van der Waals surface area contributed by atoms with Gasteiger partial charge in [-0.1, -0.05) is 35.3 Å². The quantitative estimate of drug-likeness (QED) is 0.838. The molecule has 0 bridgehead atoms. The Kier molecular flexibility index (Phi) is 3.12. The second kappa shape index (κ2) is 4.55. The largest absolute Gasteiger partial charge is 0.437 e. The van der Waals surface area contributed by atoms with Crippen LogP contribution in [-0.2, 0) is 0 Å². The van der Waals surface area contributed by atoms with Crippen molar-refractivity contribution < 1.29 is 4.74 Å². The fourth-order valence-electron chi connectivity index (χ4n) is 1.11.